The predicted octanol–water partition coefficient (Wildman–Crippen LogP) is 3.26. The van der Waals surface area contributed by atoms with E-state index in [1.54, 1.807) is 0 Å². The maximum Gasteiger partial charge on any atom is 0.257 e. The van der Waals surface area contributed by atoms with Crippen molar-refractivity contribution in [2.24, 2.45) is 23.2 Å². The Hall–Kier alpha value is -1.11. The van der Waals surface area contributed by atoms with Gasteiger partial charge in [-0.15, -0.1) is 4.83 Å². The molecule has 0 radical (unpaired) electrons. The van der Waals surface area contributed by atoms with Crippen LogP contribution in [-0.2, 0) is 14.8 Å². The molecule has 0 spiro atoms. The Balaban J connectivity index is 1.37. The van der Waals surface area contributed by atoms with Gasteiger partial charge in [-0.05, 0) is 86.0 Å². The van der Waals surface area contributed by atoms with Gasteiger partial charge < -0.3 is 0 Å². The molecule has 0 aliphatic heterocycles. The molecule has 5 nitrogen and oxygen atoms in total. The predicted molar refractivity (Wildman–Crippen MR) is 95.1 cm³/mol. The second-order valence-electron chi connectivity index (χ2n) is 8.20. The largest absolute Gasteiger partial charge is 0.278 e. The molecule has 1 aromatic carbocycles. The summed E-state index contributed by atoms with van der Waals surface area (Å²) >= 11 is 5.78. The third kappa shape index (κ3) is 3.57. The SMILES string of the molecule is O=C(CC12CC3CC(CC(C3)C1)C2)NNS(=O)(=O)c1ccc(Cl)cc1. The highest BCUT2D eigenvalue weighted by molar-refractivity contribution is 7.89. The van der Waals surface area contributed by atoms with E-state index in [1.165, 1.54) is 43.5 Å². The van der Waals surface area contributed by atoms with Crippen LogP contribution in [0.4, 0.5) is 0 Å². The number of benzene rings is 1. The molecule has 1 aromatic rings. The van der Waals surface area contributed by atoms with E-state index in [2.05, 4.69) is 10.3 Å². The van der Waals surface area contributed by atoms with Gasteiger partial charge in [-0.1, -0.05) is 11.6 Å². The summed E-state index contributed by atoms with van der Waals surface area (Å²) in [6.07, 6.45) is 7.75. The number of hydrogen-bond acceptors (Lipinski definition) is 3. The molecule has 5 rings (SSSR count). The molecule has 4 saturated carbocycles. The molecule has 4 aliphatic rings. The third-order valence-corrected chi connectivity index (χ3v) is 7.66. The van der Waals surface area contributed by atoms with Gasteiger partial charge in [0, 0.05) is 11.4 Å². The van der Waals surface area contributed by atoms with E-state index in [-0.39, 0.29) is 16.2 Å². The lowest BCUT2D eigenvalue weighted by atomic mass is 9.49. The van der Waals surface area contributed by atoms with Gasteiger partial charge in [-0.3, -0.25) is 10.2 Å². The van der Waals surface area contributed by atoms with E-state index in [4.69, 9.17) is 11.6 Å². The second kappa shape index (κ2) is 6.25. The van der Waals surface area contributed by atoms with Crippen LogP contribution in [-0.4, -0.2) is 14.3 Å². The minimum Gasteiger partial charge on any atom is -0.278 e. The molecule has 1 amide bonds. The molecule has 4 aliphatic carbocycles. The van der Waals surface area contributed by atoms with Crippen molar-refractivity contribution in [2.45, 2.75) is 49.8 Å². The van der Waals surface area contributed by atoms with Gasteiger partial charge in [0.1, 0.15) is 0 Å². The Morgan fingerprint density at radius 3 is 2.08 bits per heavy atom. The molecular weight excluding hydrogens is 360 g/mol. The third-order valence-electron chi connectivity index (χ3n) is 6.15. The molecule has 2 N–H and O–H groups in total. The van der Waals surface area contributed by atoms with Crippen LogP contribution in [0.5, 0.6) is 0 Å². The summed E-state index contributed by atoms with van der Waals surface area (Å²) < 4.78 is 24.5. The van der Waals surface area contributed by atoms with Crippen LogP contribution in [0.25, 0.3) is 0 Å². The minimum atomic E-state index is -3.78. The summed E-state index contributed by atoms with van der Waals surface area (Å²) in [6.45, 7) is 0. The Morgan fingerprint density at radius 1 is 1.04 bits per heavy atom. The van der Waals surface area contributed by atoms with E-state index >= 15 is 0 Å². The van der Waals surface area contributed by atoms with Crippen LogP contribution in [0.1, 0.15) is 44.9 Å². The van der Waals surface area contributed by atoms with Gasteiger partial charge in [-0.25, -0.2) is 8.42 Å². The Labute approximate surface area is 153 Å². The van der Waals surface area contributed by atoms with E-state index in [9.17, 15) is 13.2 Å². The normalized spacial score (nSPS) is 33.4. The van der Waals surface area contributed by atoms with E-state index < -0.39 is 10.0 Å². The smallest absolute Gasteiger partial charge is 0.257 e. The molecule has 0 saturated heterocycles. The van der Waals surface area contributed by atoms with Gasteiger partial charge in [0.2, 0.25) is 5.91 Å². The van der Waals surface area contributed by atoms with Crippen LogP contribution < -0.4 is 10.3 Å². The molecule has 7 heteroatoms. The maximum atomic E-state index is 12.4. The molecule has 0 atom stereocenters. The van der Waals surface area contributed by atoms with Crippen molar-refractivity contribution in [3.8, 4) is 0 Å². The highest BCUT2D eigenvalue weighted by Gasteiger charge is 2.51. The molecule has 4 fully saturated rings. The minimum absolute atomic E-state index is 0.0759. The Bertz CT molecular complexity index is 741. The first kappa shape index (κ1) is 17.3. The summed E-state index contributed by atoms with van der Waals surface area (Å²) in [5, 5.41) is 0.463. The van der Waals surface area contributed by atoms with Crippen LogP contribution >= 0.6 is 11.6 Å². The van der Waals surface area contributed by atoms with Crippen LogP contribution in [0.3, 0.4) is 0 Å². The zero-order valence-electron chi connectivity index (χ0n) is 14.0. The summed E-state index contributed by atoms with van der Waals surface area (Å²) in [4.78, 5) is 14.7. The van der Waals surface area contributed by atoms with Gasteiger partial charge in [0.15, 0.2) is 0 Å². The topological polar surface area (TPSA) is 75.3 Å². The lowest BCUT2D eigenvalue weighted by molar-refractivity contribution is -0.129. The van der Waals surface area contributed by atoms with Crippen molar-refractivity contribution in [3.63, 3.8) is 0 Å². The molecular formula is C18H23ClN2O3S. The van der Waals surface area contributed by atoms with Crippen LogP contribution in [0.15, 0.2) is 29.2 Å². The number of amides is 1. The number of hydrazine groups is 1. The zero-order valence-corrected chi connectivity index (χ0v) is 15.6. The fourth-order valence-electron chi connectivity index (χ4n) is 5.69. The average Bonchev–Trinajstić information content (AvgIpc) is 2.52. The number of halogens is 1. The molecule has 0 aromatic heterocycles. The van der Waals surface area contributed by atoms with E-state index in [0.29, 0.717) is 11.4 Å². The fraction of sp³-hybridized carbons (Fsp3) is 0.611. The van der Waals surface area contributed by atoms with E-state index in [0.717, 1.165) is 37.0 Å². The van der Waals surface area contributed by atoms with Crippen molar-refractivity contribution < 1.29 is 13.2 Å². The van der Waals surface area contributed by atoms with Crippen LogP contribution in [0.2, 0.25) is 5.02 Å². The first-order chi connectivity index (χ1) is 11.8. The van der Waals surface area contributed by atoms with Crippen molar-refractivity contribution in [3.05, 3.63) is 29.3 Å². The average molecular weight is 383 g/mol. The monoisotopic (exact) mass is 382 g/mol. The number of carbonyl (C=O) groups is 1. The number of rotatable bonds is 5. The highest BCUT2D eigenvalue weighted by Crippen LogP contribution is 2.61. The zero-order chi connectivity index (χ0) is 17.7. The van der Waals surface area contributed by atoms with Crippen molar-refractivity contribution >= 4 is 27.5 Å². The number of carbonyl (C=O) groups excluding carboxylic acids is 1. The quantitative estimate of drug-likeness (QED) is 0.767. The summed E-state index contributed by atoms with van der Waals surface area (Å²) in [5.74, 6) is 2.07. The lowest BCUT2D eigenvalue weighted by Crippen LogP contribution is -2.50. The summed E-state index contributed by atoms with van der Waals surface area (Å²) in [6, 6.07) is 5.84. The lowest BCUT2D eigenvalue weighted by Gasteiger charge is -2.56. The summed E-state index contributed by atoms with van der Waals surface area (Å²) in [5.41, 5.74) is 2.49. The molecule has 25 heavy (non-hydrogen) atoms. The maximum absolute atomic E-state index is 12.4. The summed E-state index contributed by atoms with van der Waals surface area (Å²) in [7, 11) is -3.78. The number of sulfonamides is 1. The first-order valence-corrected chi connectivity index (χ1v) is 10.8. The van der Waals surface area contributed by atoms with E-state index in [1.807, 2.05) is 0 Å². The van der Waals surface area contributed by atoms with Gasteiger partial charge >= 0.3 is 0 Å². The number of nitrogens with one attached hydrogen (secondary N) is 2. The molecule has 0 heterocycles. The van der Waals surface area contributed by atoms with Crippen molar-refractivity contribution in [2.75, 3.05) is 0 Å². The first-order valence-electron chi connectivity index (χ1n) is 8.90. The second-order valence-corrected chi connectivity index (χ2v) is 10.3. The highest BCUT2D eigenvalue weighted by atomic mass is 35.5. The molecule has 136 valence electrons. The van der Waals surface area contributed by atoms with Crippen LogP contribution in [0, 0.1) is 23.2 Å². The van der Waals surface area contributed by atoms with Crippen molar-refractivity contribution in [1.82, 2.24) is 10.3 Å². The van der Waals surface area contributed by atoms with Gasteiger partial charge in [-0.2, -0.15) is 0 Å². The Morgan fingerprint density at radius 2 is 1.56 bits per heavy atom. The fourth-order valence-corrected chi connectivity index (χ4v) is 6.67. The van der Waals surface area contributed by atoms with Gasteiger partial charge in [0.05, 0.1) is 4.90 Å². The molecule has 4 bridgehead atoms. The standard InChI is InChI=1S/C18H23ClN2O3S/c19-15-1-3-16(4-2-15)25(23,24)21-20-17(22)11-18-8-12-5-13(9-18)7-14(6-12)10-18/h1-4,12-14,21H,5-11H2,(H,20,22). The Kier molecular flexibility index (Phi) is 4.33. The molecule has 0 unspecified atom stereocenters. The van der Waals surface area contributed by atoms with Crippen molar-refractivity contribution in [1.29, 1.82) is 0 Å². The number of hydrogen-bond donors (Lipinski definition) is 2. The van der Waals surface area contributed by atoms with Gasteiger partial charge in [0.25, 0.3) is 10.0 Å².